The normalized spacial score (nSPS) is 21.8. The van der Waals surface area contributed by atoms with E-state index < -0.39 is 10.0 Å². The van der Waals surface area contributed by atoms with Gasteiger partial charge in [-0.3, -0.25) is 4.79 Å². The molecular weight excluding hydrogens is 529 g/mol. The third-order valence-electron chi connectivity index (χ3n) is 8.55. The highest BCUT2D eigenvalue weighted by Crippen LogP contribution is 2.39. The number of halogens is 1. The molecule has 1 saturated heterocycles. The largest absolute Gasteiger partial charge is 0.372 e. The third-order valence-corrected chi connectivity index (χ3v) is 10.5. The van der Waals surface area contributed by atoms with Gasteiger partial charge in [0.2, 0.25) is 15.9 Å². The molecule has 0 bridgehead atoms. The van der Waals surface area contributed by atoms with Crippen LogP contribution in [-0.2, 0) is 19.6 Å². The Balaban J connectivity index is 1.09. The lowest BCUT2D eigenvalue weighted by Crippen LogP contribution is -2.38. The summed E-state index contributed by atoms with van der Waals surface area (Å²) in [4.78, 5) is 14.9. The maximum Gasteiger partial charge on any atom is 0.246 e. The van der Waals surface area contributed by atoms with E-state index in [1.165, 1.54) is 12.1 Å². The van der Waals surface area contributed by atoms with Crippen LogP contribution in [0.3, 0.4) is 0 Å². The van der Waals surface area contributed by atoms with Crippen LogP contribution in [0, 0.1) is 23.6 Å². The van der Waals surface area contributed by atoms with Crippen molar-refractivity contribution in [2.45, 2.75) is 55.9 Å². The number of nitrogens with one attached hydrogen (secondary N) is 1. The predicted octanol–water partition coefficient (Wildman–Crippen LogP) is 4.86. The van der Waals surface area contributed by atoms with Gasteiger partial charge in [0, 0.05) is 32.3 Å². The average Bonchev–Trinajstić information content (AvgIpc) is 2.96. The first-order valence-corrected chi connectivity index (χ1v) is 16.0. The molecule has 220 valence electrons. The van der Waals surface area contributed by atoms with Crippen molar-refractivity contribution in [2.24, 2.45) is 17.8 Å². The molecule has 2 aromatic rings. The summed E-state index contributed by atoms with van der Waals surface area (Å²) in [6, 6.07) is 15.7. The Morgan fingerprint density at radius 1 is 0.975 bits per heavy atom. The van der Waals surface area contributed by atoms with Gasteiger partial charge < -0.3 is 15.0 Å². The van der Waals surface area contributed by atoms with E-state index in [9.17, 15) is 17.6 Å². The van der Waals surface area contributed by atoms with Gasteiger partial charge in [0.05, 0.1) is 4.90 Å². The summed E-state index contributed by atoms with van der Waals surface area (Å²) < 4.78 is 46.2. The van der Waals surface area contributed by atoms with Crippen molar-refractivity contribution >= 4 is 15.9 Å². The van der Waals surface area contributed by atoms with Crippen molar-refractivity contribution in [3.8, 4) is 0 Å². The maximum absolute atomic E-state index is 13.4. The lowest BCUT2D eigenvalue weighted by molar-refractivity contribution is -0.126. The summed E-state index contributed by atoms with van der Waals surface area (Å²) in [7, 11) is 0.737. The summed E-state index contributed by atoms with van der Waals surface area (Å²) >= 11 is 0. The molecule has 40 heavy (non-hydrogen) atoms. The van der Waals surface area contributed by atoms with Crippen LogP contribution in [0.15, 0.2) is 59.5 Å². The number of carbonyl (C=O) groups excluding carboxylic acids is 1. The van der Waals surface area contributed by atoms with Crippen LogP contribution in [0.1, 0.15) is 56.6 Å². The van der Waals surface area contributed by atoms with Crippen LogP contribution in [-0.4, -0.2) is 70.5 Å². The van der Waals surface area contributed by atoms with Crippen molar-refractivity contribution in [3.63, 3.8) is 0 Å². The molecule has 7 nitrogen and oxygen atoms in total. The first-order chi connectivity index (χ1) is 19.2. The Hall–Kier alpha value is -2.33. The fraction of sp³-hybridized carbons (Fsp3) is 0.581. The van der Waals surface area contributed by atoms with Crippen LogP contribution in [0.25, 0.3) is 0 Å². The molecule has 2 aromatic carbocycles. The second kappa shape index (κ2) is 14.5. The zero-order valence-corrected chi connectivity index (χ0v) is 24.6. The summed E-state index contributed by atoms with van der Waals surface area (Å²) in [5.41, 5.74) is 1.16. The van der Waals surface area contributed by atoms with E-state index in [-0.39, 0.29) is 24.4 Å². The van der Waals surface area contributed by atoms with Crippen molar-refractivity contribution in [1.29, 1.82) is 0 Å². The number of nitrogens with zero attached hydrogens (tertiary/aromatic N) is 2. The number of hydrogen-bond acceptors (Lipinski definition) is 5. The third kappa shape index (κ3) is 8.35. The van der Waals surface area contributed by atoms with E-state index in [1.54, 1.807) is 28.6 Å². The van der Waals surface area contributed by atoms with E-state index in [0.29, 0.717) is 48.9 Å². The molecule has 0 radical (unpaired) electrons. The Kier molecular flexibility index (Phi) is 11.1. The number of sulfonamides is 1. The molecular formula is C31H44FN3O4S. The van der Waals surface area contributed by atoms with E-state index in [1.807, 2.05) is 18.2 Å². The molecule has 1 unspecified atom stereocenters. The molecule has 4 rings (SSSR count). The Bertz CT molecular complexity index is 1160. The van der Waals surface area contributed by atoms with E-state index in [2.05, 4.69) is 24.3 Å². The Labute approximate surface area is 239 Å². The van der Waals surface area contributed by atoms with Gasteiger partial charge in [0.25, 0.3) is 0 Å². The molecule has 1 aliphatic heterocycles. The minimum absolute atomic E-state index is 0.0594. The van der Waals surface area contributed by atoms with Crippen LogP contribution in [0.2, 0.25) is 0 Å². The van der Waals surface area contributed by atoms with Crippen molar-refractivity contribution < 1.29 is 22.3 Å². The zero-order valence-electron chi connectivity index (χ0n) is 23.8. The van der Waals surface area contributed by atoms with Gasteiger partial charge in [0.1, 0.15) is 12.4 Å². The zero-order chi connectivity index (χ0) is 28.5. The van der Waals surface area contributed by atoms with Gasteiger partial charge in [-0.25, -0.2) is 12.8 Å². The maximum atomic E-state index is 13.4. The van der Waals surface area contributed by atoms with Crippen LogP contribution >= 0.6 is 0 Å². The second-order valence-electron chi connectivity index (χ2n) is 11.5. The number of ether oxygens (including phenoxy) is 1. The summed E-state index contributed by atoms with van der Waals surface area (Å²) in [5, 5.41) is 3.04. The molecule has 1 aliphatic carbocycles. The second-order valence-corrected chi connectivity index (χ2v) is 13.5. The molecule has 1 heterocycles. The quantitative estimate of drug-likeness (QED) is 0.367. The van der Waals surface area contributed by atoms with E-state index in [0.717, 1.165) is 50.5 Å². The molecule has 1 amide bonds. The first-order valence-electron chi connectivity index (χ1n) is 14.6. The number of rotatable bonds is 12. The minimum Gasteiger partial charge on any atom is -0.372 e. The lowest BCUT2D eigenvalue weighted by atomic mass is 9.76. The van der Waals surface area contributed by atoms with E-state index >= 15 is 0 Å². The molecule has 2 fully saturated rings. The monoisotopic (exact) mass is 573 g/mol. The topological polar surface area (TPSA) is 79.0 Å². The van der Waals surface area contributed by atoms with Gasteiger partial charge in [-0.15, -0.1) is 0 Å². The Morgan fingerprint density at radius 2 is 1.62 bits per heavy atom. The number of benzene rings is 2. The lowest BCUT2D eigenvalue weighted by Gasteiger charge is -2.37. The van der Waals surface area contributed by atoms with Gasteiger partial charge in [-0.1, -0.05) is 30.3 Å². The molecule has 2 aliphatic rings. The van der Waals surface area contributed by atoms with Gasteiger partial charge in [0.15, 0.2) is 0 Å². The predicted molar refractivity (Wildman–Crippen MR) is 155 cm³/mol. The van der Waals surface area contributed by atoms with Crippen molar-refractivity contribution in [1.82, 2.24) is 14.5 Å². The fourth-order valence-electron chi connectivity index (χ4n) is 6.26. The highest BCUT2D eigenvalue weighted by molar-refractivity contribution is 7.89. The number of amides is 1. The number of piperidine rings is 1. The minimum atomic E-state index is -3.43. The first kappa shape index (κ1) is 30.6. The van der Waals surface area contributed by atoms with Crippen molar-refractivity contribution in [2.75, 3.05) is 46.9 Å². The smallest absolute Gasteiger partial charge is 0.246 e. The molecule has 0 aromatic heterocycles. The van der Waals surface area contributed by atoms with Gasteiger partial charge in [-0.2, -0.15) is 4.31 Å². The van der Waals surface area contributed by atoms with Crippen LogP contribution in [0.4, 0.5) is 4.39 Å². The molecule has 1 atom stereocenters. The standard InChI is InChI=1S/C31H44FN3O4S/c1-34(2)31(27-12-14-28(32)15-13-27)26-10-8-25(9-11-26)22-33-30(36)23-39-21-18-24-16-19-35(20-17-24)40(37,38)29-6-4-3-5-7-29/h3-7,12-15,24-26,31H,8-11,16-23H2,1-2H3,(H,33,36). The Morgan fingerprint density at radius 3 is 2.25 bits per heavy atom. The highest BCUT2D eigenvalue weighted by atomic mass is 32.2. The summed E-state index contributed by atoms with van der Waals surface area (Å²) in [6.07, 6.45) is 6.75. The van der Waals surface area contributed by atoms with Gasteiger partial charge in [-0.05, 0) is 107 Å². The average molecular weight is 574 g/mol. The summed E-state index contributed by atoms with van der Waals surface area (Å²) in [5.74, 6) is 1.10. The fourth-order valence-corrected chi connectivity index (χ4v) is 7.75. The number of hydrogen-bond donors (Lipinski definition) is 1. The molecule has 0 spiro atoms. The van der Waals surface area contributed by atoms with Gasteiger partial charge >= 0.3 is 0 Å². The summed E-state index contributed by atoms with van der Waals surface area (Å²) in [6.45, 7) is 2.27. The molecule has 1 N–H and O–H groups in total. The molecule has 9 heteroatoms. The van der Waals surface area contributed by atoms with Crippen LogP contribution in [0.5, 0.6) is 0 Å². The van der Waals surface area contributed by atoms with Crippen molar-refractivity contribution in [3.05, 3.63) is 66.0 Å². The van der Waals surface area contributed by atoms with Crippen LogP contribution < -0.4 is 5.32 Å². The molecule has 1 saturated carbocycles. The number of carbonyl (C=O) groups is 1. The van der Waals surface area contributed by atoms with E-state index in [4.69, 9.17) is 4.74 Å². The SMILES string of the molecule is CN(C)C(c1ccc(F)cc1)C1CCC(CNC(=O)COCCC2CCN(S(=O)(=O)c3ccccc3)CC2)CC1. The highest BCUT2D eigenvalue weighted by Gasteiger charge is 2.31.